The van der Waals surface area contributed by atoms with Crippen molar-refractivity contribution in [1.29, 1.82) is 0 Å². The average molecular weight is 372 g/mol. The van der Waals surface area contributed by atoms with E-state index in [1.54, 1.807) is 4.90 Å². The third-order valence-electron chi connectivity index (χ3n) is 4.76. The van der Waals surface area contributed by atoms with Gasteiger partial charge in [0.05, 0.1) is 6.54 Å². The van der Waals surface area contributed by atoms with Crippen LogP contribution >= 0.6 is 0 Å². The molecule has 0 atom stereocenters. The van der Waals surface area contributed by atoms with Gasteiger partial charge in [0.1, 0.15) is 0 Å². The first-order valence-electron chi connectivity index (χ1n) is 9.38. The number of hydrogen-bond donors (Lipinski definition) is 2. The lowest BCUT2D eigenvalue weighted by molar-refractivity contribution is 0.174. The van der Waals surface area contributed by atoms with Crippen molar-refractivity contribution < 1.29 is 9.32 Å². The second-order valence-electron chi connectivity index (χ2n) is 7.15. The molecule has 1 saturated heterocycles. The van der Waals surface area contributed by atoms with Crippen LogP contribution in [-0.2, 0) is 13.1 Å². The molecule has 2 heterocycles. The van der Waals surface area contributed by atoms with Crippen molar-refractivity contribution in [3.63, 3.8) is 0 Å². The summed E-state index contributed by atoms with van der Waals surface area (Å²) in [5, 5.41) is 9.52. The molecule has 0 radical (unpaired) electrons. The van der Waals surface area contributed by atoms with Gasteiger partial charge in [-0.25, -0.2) is 4.79 Å². The zero-order valence-electron chi connectivity index (χ0n) is 16.0. The maximum absolute atomic E-state index is 12.0. The van der Waals surface area contributed by atoms with E-state index in [0.717, 1.165) is 32.5 Å². The Morgan fingerprint density at radius 1 is 1.22 bits per heavy atom. The molecular formula is C19H28N6O2. The number of urea groups is 1. The van der Waals surface area contributed by atoms with E-state index in [-0.39, 0.29) is 12.6 Å². The summed E-state index contributed by atoms with van der Waals surface area (Å²) >= 11 is 0. The van der Waals surface area contributed by atoms with Gasteiger partial charge in [0.15, 0.2) is 0 Å². The predicted octanol–water partition coefficient (Wildman–Crippen LogP) is 1.85. The minimum Gasteiger partial charge on any atom is -0.344 e. The fourth-order valence-electron chi connectivity index (χ4n) is 3.15. The lowest BCUT2D eigenvalue weighted by Crippen LogP contribution is -2.41. The summed E-state index contributed by atoms with van der Waals surface area (Å²) in [5.74, 6) is 1.41. The van der Waals surface area contributed by atoms with Crippen molar-refractivity contribution in [2.24, 2.45) is 5.92 Å². The van der Waals surface area contributed by atoms with Crippen LogP contribution in [0, 0.1) is 5.92 Å². The van der Waals surface area contributed by atoms with Crippen molar-refractivity contribution in [2.45, 2.75) is 25.9 Å². The number of nitrogens with one attached hydrogen (secondary N) is 2. The Kier molecular flexibility index (Phi) is 6.64. The Hall–Kier alpha value is -2.61. The highest BCUT2D eigenvalue weighted by atomic mass is 16.5. The number of carbonyl (C=O) groups is 1. The topological polar surface area (TPSA) is 86.5 Å². The Morgan fingerprint density at radius 2 is 1.96 bits per heavy atom. The number of hydrogen-bond acceptors (Lipinski definition) is 6. The van der Waals surface area contributed by atoms with Gasteiger partial charge in [-0.2, -0.15) is 4.98 Å². The molecule has 0 unspecified atom stereocenters. The highest BCUT2D eigenvalue weighted by Crippen LogP contribution is 2.18. The van der Waals surface area contributed by atoms with Gasteiger partial charge in [0.2, 0.25) is 5.89 Å². The van der Waals surface area contributed by atoms with Crippen LogP contribution in [0.4, 0.5) is 10.7 Å². The van der Waals surface area contributed by atoms with E-state index in [4.69, 9.17) is 4.52 Å². The maximum Gasteiger partial charge on any atom is 0.315 e. The van der Waals surface area contributed by atoms with E-state index >= 15 is 0 Å². The van der Waals surface area contributed by atoms with Gasteiger partial charge in [-0.3, -0.25) is 4.90 Å². The molecule has 1 fully saturated rings. The maximum atomic E-state index is 12.0. The molecule has 1 aromatic heterocycles. The monoisotopic (exact) mass is 372 g/mol. The van der Waals surface area contributed by atoms with Crippen LogP contribution in [0.15, 0.2) is 34.9 Å². The second-order valence-corrected chi connectivity index (χ2v) is 7.15. The number of nitrogens with zero attached hydrogens (tertiary/aromatic N) is 4. The molecule has 8 nitrogen and oxygen atoms in total. The molecule has 0 bridgehead atoms. The fraction of sp³-hybridized carbons (Fsp3) is 0.526. The molecular weight excluding hydrogens is 344 g/mol. The standard InChI is InChI=1S/C19H28N6O2/c1-24(2)18-22-17(27-23-18)13-21-19(26)20-12-15-8-10-25(11-9-15)14-16-6-4-3-5-7-16/h3-7,15H,8-14H2,1-2H3,(H2,20,21,26). The Labute approximate surface area is 159 Å². The van der Waals surface area contributed by atoms with Crippen molar-refractivity contribution in [3.05, 3.63) is 41.8 Å². The lowest BCUT2D eigenvalue weighted by Gasteiger charge is -2.32. The summed E-state index contributed by atoms with van der Waals surface area (Å²) in [6.45, 7) is 4.05. The molecule has 0 saturated carbocycles. The number of aromatic nitrogens is 2. The quantitative estimate of drug-likeness (QED) is 0.771. The van der Waals surface area contributed by atoms with Crippen LogP contribution in [0.25, 0.3) is 0 Å². The summed E-state index contributed by atoms with van der Waals surface area (Å²) in [5.41, 5.74) is 1.35. The lowest BCUT2D eigenvalue weighted by atomic mass is 9.96. The Morgan fingerprint density at radius 3 is 2.63 bits per heavy atom. The summed E-state index contributed by atoms with van der Waals surface area (Å²) < 4.78 is 5.08. The molecule has 2 aromatic rings. The van der Waals surface area contributed by atoms with Crippen molar-refractivity contribution in [1.82, 2.24) is 25.7 Å². The first-order chi connectivity index (χ1) is 13.1. The zero-order chi connectivity index (χ0) is 19.1. The van der Waals surface area contributed by atoms with E-state index < -0.39 is 0 Å². The van der Waals surface area contributed by atoms with Crippen LogP contribution < -0.4 is 15.5 Å². The van der Waals surface area contributed by atoms with Gasteiger partial charge in [0, 0.05) is 27.2 Å². The van der Waals surface area contributed by atoms with Crippen LogP contribution in [0.2, 0.25) is 0 Å². The highest BCUT2D eigenvalue weighted by molar-refractivity contribution is 5.73. The van der Waals surface area contributed by atoms with E-state index in [2.05, 4.69) is 49.9 Å². The molecule has 2 N–H and O–H groups in total. The molecule has 0 spiro atoms. The van der Waals surface area contributed by atoms with Gasteiger partial charge < -0.3 is 20.1 Å². The SMILES string of the molecule is CN(C)c1noc(CNC(=O)NCC2CCN(Cc3ccccc3)CC2)n1. The molecule has 8 heteroatoms. The fourth-order valence-corrected chi connectivity index (χ4v) is 3.15. The summed E-state index contributed by atoms with van der Waals surface area (Å²) in [6, 6.07) is 10.4. The average Bonchev–Trinajstić information content (AvgIpc) is 3.16. The third-order valence-corrected chi connectivity index (χ3v) is 4.76. The van der Waals surface area contributed by atoms with Gasteiger partial charge in [0.25, 0.3) is 5.95 Å². The Balaban J connectivity index is 1.31. The first kappa shape index (κ1) is 19.2. The summed E-state index contributed by atoms with van der Waals surface area (Å²) in [4.78, 5) is 20.4. The molecule has 0 aliphatic carbocycles. The predicted molar refractivity (Wildman–Crippen MR) is 103 cm³/mol. The Bertz CT molecular complexity index is 710. The van der Waals surface area contributed by atoms with Gasteiger partial charge in [-0.05, 0) is 42.6 Å². The summed E-state index contributed by atoms with van der Waals surface area (Å²) in [7, 11) is 3.67. The first-order valence-corrected chi connectivity index (χ1v) is 9.38. The highest BCUT2D eigenvalue weighted by Gasteiger charge is 2.19. The van der Waals surface area contributed by atoms with E-state index in [1.165, 1.54) is 5.56 Å². The van der Waals surface area contributed by atoms with E-state index in [9.17, 15) is 4.79 Å². The number of piperidine rings is 1. The van der Waals surface area contributed by atoms with E-state index in [1.807, 2.05) is 20.2 Å². The summed E-state index contributed by atoms with van der Waals surface area (Å²) in [6.07, 6.45) is 2.20. The van der Waals surface area contributed by atoms with E-state index in [0.29, 0.717) is 24.3 Å². The minimum absolute atomic E-state index is 0.202. The zero-order valence-corrected chi connectivity index (χ0v) is 16.0. The third kappa shape index (κ3) is 5.96. The molecule has 3 rings (SSSR count). The van der Waals surface area contributed by atoms with Crippen LogP contribution in [-0.4, -0.2) is 54.8 Å². The van der Waals surface area contributed by atoms with Crippen molar-refractivity contribution in [3.8, 4) is 0 Å². The molecule has 2 amide bonds. The molecule has 27 heavy (non-hydrogen) atoms. The van der Waals surface area contributed by atoms with Crippen LogP contribution in [0.1, 0.15) is 24.3 Å². The smallest absolute Gasteiger partial charge is 0.315 e. The number of likely N-dealkylation sites (tertiary alicyclic amines) is 1. The van der Waals surface area contributed by atoms with Crippen molar-refractivity contribution >= 4 is 12.0 Å². The number of rotatable bonds is 7. The van der Waals surface area contributed by atoms with Gasteiger partial charge >= 0.3 is 6.03 Å². The number of amides is 2. The van der Waals surface area contributed by atoms with Gasteiger partial charge in [-0.1, -0.05) is 30.3 Å². The van der Waals surface area contributed by atoms with Crippen LogP contribution in [0.5, 0.6) is 0 Å². The number of benzene rings is 1. The number of carbonyl (C=O) groups excluding carboxylic acids is 1. The molecule has 1 aromatic carbocycles. The largest absolute Gasteiger partial charge is 0.344 e. The van der Waals surface area contributed by atoms with Crippen LogP contribution in [0.3, 0.4) is 0 Å². The number of anilines is 1. The molecule has 146 valence electrons. The molecule has 1 aliphatic heterocycles. The minimum atomic E-state index is -0.202. The molecule has 1 aliphatic rings. The second kappa shape index (κ2) is 9.36. The van der Waals surface area contributed by atoms with Crippen molar-refractivity contribution in [2.75, 3.05) is 38.6 Å². The van der Waals surface area contributed by atoms with Gasteiger partial charge in [-0.15, -0.1) is 0 Å². The normalized spacial score (nSPS) is 15.5.